The molecule has 0 saturated carbocycles. The molecule has 0 bridgehead atoms. The van der Waals surface area contributed by atoms with Crippen molar-refractivity contribution < 1.29 is 4.79 Å². The van der Waals surface area contributed by atoms with Crippen molar-refractivity contribution in [2.75, 3.05) is 0 Å². The van der Waals surface area contributed by atoms with E-state index < -0.39 is 0 Å². The van der Waals surface area contributed by atoms with Gasteiger partial charge in [0.05, 0.1) is 5.03 Å². The first-order valence-corrected chi connectivity index (χ1v) is 3.73. The fourth-order valence-electron chi connectivity index (χ4n) is 1.31. The molecule has 10 heavy (non-hydrogen) atoms. The number of carbonyl (C=O) groups excluding carboxylic acids is 1. The van der Waals surface area contributed by atoms with Crippen LogP contribution in [0.15, 0.2) is 10.6 Å². The molecule has 1 aliphatic carbocycles. The molecular formula is C8H11ClO. The van der Waals surface area contributed by atoms with Gasteiger partial charge in [-0.05, 0) is 13.3 Å². The largest absolute Gasteiger partial charge is 0.293 e. The van der Waals surface area contributed by atoms with E-state index >= 15 is 0 Å². The molecule has 0 fully saturated rings. The van der Waals surface area contributed by atoms with Crippen LogP contribution in [0.1, 0.15) is 27.2 Å². The second kappa shape index (κ2) is 2.09. The van der Waals surface area contributed by atoms with Gasteiger partial charge in [-0.3, -0.25) is 4.79 Å². The molecule has 1 rings (SSSR count). The predicted molar refractivity (Wildman–Crippen MR) is 42.0 cm³/mol. The van der Waals surface area contributed by atoms with Gasteiger partial charge in [0.15, 0.2) is 5.78 Å². The fourth-order valence-corrected chi connectivity index (χ4v) is 1.63. The zero-order chi connectivity index (χ0) is 7.94. The summed E-state index contributed by atoms with van der Waals surface area (Å²) in [4.78, 5) is 11.2. The molecule has 0 saturated heterocycles. The average Bonchev–Trinajstić information content (AvgIpc) is 1.95. The molecule has 0 unspecified atom stereocenters. The first kappa shape index (κ1) is 7.80. The first-order valence-electron chi connectivity index (χ1n) is 3.35. The minimum Gasteiger partial charge on any atom is -0.293 e. The number of ketones is 1. The number of allylic oxidation sites excluding steroid dienone is 2. The van der Waals surface area contributed by atoms with E-state index in [0.29, 0.717) is 5.03 Å². The third-order valence-electron chi connectivity index (χ3n) is 1.90. The van der Waals surface area contributed by atoms with Crippen LogP contribution in [0, 0.1) is 5.41 Å². The molecule has 0 spiro atoms. The summed E-state index contributed by atoms with van der Waals surface area (Å²) in [6, 6.07) is 0. The molecule has 0 heterocycles. The van der Waals surface area contributed by atoms with E-state index in [9.17, 15) is 4.79 Å². The molecule has 0 aromatic heterocycles. The molecule has 0 aliphatic heterocycles. The van der Waals surface area contributed by atoms with E-state index in [-0.39, 0.29) is 11.2 Å². The molecule has 0 aromatic rings. The van der Waals surface area contributed by atoms with Crippen LogP contribution in [0.4, 0.5) is 0 Å². The van der Waals surface area contributed by atoms with E-state index in [0.717, 1.165) is 12.0 Å². The second-order valence-corrected chi connectivity index (χ2v) is 3.86. The Labute approximate surface area is 66.1 Å². The van der Waals surface area contributed by atoms with Crippen molar-refractivity contribution in [3.8, 4) is 0 Å². The summed E-state index contributed by atoms with van der Waals surface area (Å²) >= 11 is 5.73. The lowest BCUT2D eigenvalue weighted by molar-refractivity contribution is -0.121. The molecule has 2 heteroatoms. The topological polar surface area (TPSA) is 17.1 Å². The van der Waals surface area contributed by atoms with E-state index in [1.165, 1.54) is 0 Å². The van der Waals surface area contributed by atoms with Crippen LogP contribution in [-0.4, -0.2) is 5.78 Å². The highest BCUT2D eigenvalue weighted by molar-refractivity contribution is 6.44. The Bertz CT molecular complexity index is 213. The maximum atomic E-state index is 11.2. The third kappa shape index (κ3) is 0.988. The molecule has 0 N–H and O–H groups in total. The maximum absolute atomic E-state index is 11.2. The van der Waals surface area contributed by atoms with Crippen LogP contribution < -0.4 is 0 Å². The van der Waals surface area contributed by atoms with Crippen molar-refractivity contribution in [1.82, 2.24) is 0 Å². The van der Waals surface area contributed by atoms with Gasteiger partial charge in [-0.15, -0.1) is 0 Å². The van der Waals surface area contributed by atoms with Crippen molar-refractivity contribution in [2.24, 2.45) is 5.41 Å². The van der Waals surface area contributed by atoms with Crippen LogP contribution in [-0.2, 0) is 4.79 Å². The highest BCUT2D eigenvalue weighted by Crippen LogP contribution is 2.39. The van der Waals surface area contributed by atoms with Gasteiger partial charge >= 0.3 is 0 Å². The lowest BCUT2D eigenvalue weighted by Crippen LogP contribution is -2.18. The number of halogens is 1. The minimum absolute atomic E-state index is 0.0895. The summed E-state index contributed by atoms with van der Waals surface area (Å²) in [5.41, 5.74) is 0.776. The minimum atomic E-state index is -0.249. The van der Waals surface area contributed by atoms with Crippen molar-refractivity contribution in [2.45, 2.75) is 27.2 Å². The number of hydrogen-bond acceptors (Lipinski definition) is 1. The van der Waals surface area contributed by atoms with Crippen molar-refractivity contribution in [1.29, 1.82) is 0 Å². The second-order valence-electron chi connectivity index (χ2n) is 3.48. The van der Waals surface area contributed by atoms with Gasteiger partial charge in [0.1, 0.15) is 0 Å². The van der Waals surface area contributed by atoms with Crippen LogP contribution in [0.5, 0.6) is 0 Å². The summed E-state index contributed by atoms with van der Waals surface area (Å²) in [7, 11) is 0. The maximum Gasteiger partial charge on any atom is 0.180 e. The number of carbonyl (C=O) groups is 1. The zero-order valence-corrected chi connectivity index (χ0v) is 7.25. The van der Waals surface area contributed by atoms with Gasteiger partial charge in [-0.1, -0.05) is 31.0 Å². The van der Waals surface area contributed by atoms with Gasteiger partial charge in [0, 0.05) is 5.41 Å². The fraction of sp³-hybridized carbons (Fsp3) is 0.625. The Morgan fingerprint density at radius 3 is 2.10 bits per heavy atom. The van der Waals surface area contributed by atoms with Crippen LogP contribution in [0.2, 0.25) is 0 Å². The summed E-state index contributed by atoms with van der Waals surface area (Å²) in [6.07, 6.45) is 0.810. The lowest BCUT2D eigenvalue weighted by Gasteiger charge is -2.13. The highest BCUT2D eigenvalue weighted by Gasteiger charge is 2.36. The van der Waals surface area contributed by atoms with E-state index in [1.807, 2.05) is 20.8 Å². The molecule has 0 amide bonds. The number of rotatable bonds is 0. The molecule has 56 valence electrons. The number of hydrogen-bond donors (Lipinski definition) is 0. The van der Waals surface area contributed by atoms with E-state index in [1.54, 1.807) is 0 Å². The molecule has 0 atom stereocenters. The van der Waals surface area contributed by atoms with Crippen LogP contribution in [0.3, 0.4) is 0 Å². The van der Waals surface area contributed by atoms with Crippen LogP contribution >= 0.6 is 11.6 Å². The Kier molecular flexibility index (Phi) is 1.63. The van der Waals surface area contributed by atoms with Crippen LogP contribution in [0.25, 0.3) is 0 Å². The van der Waals surface area contributed by atoms with Gasteiger partial charge in [0.2, 0.25) is 0 Å². The van der Waals surface area contributed by atoms with E-state index in [4.69, 9.17) is 11.6 Å². The highest BCUT2D eigenvalue weighted by atomic mass is 35.5. The normalized spacial score (nSPS) is 24.2. The molecule has 0 aromatic carbocycles. The van der Waals surface area contributed by atoms with Gasteiger partial charge in [-0.25, -0.2) is 0 Å². The van der Waals surface area contributed by atoms with E-state index in [2.05, 4.69) is 0 Å². The number of Topliss-reactive ketones (excluding diaryl/α,β-unsaturated/α-hetero) is 1. The predicted octanol–water partition coefficient (Wildman–Crippen LogP) is 2.50. The zero-order valence-electron chi connectivity index (χ0n) is 6.49. The first-order chi connectivity index (χ1) is 4.45. The standard InChI is InChI=1S/C8H11ClO/c1-5-4-8(2,3)7(10)6(5)9/h4H2,1-3H3. The molecule has 1 aliphatic rings. The molecule has 0 radical (unpaired) electrons. The summed E-state index contributed by atoms with van der Waals surface area (Å²) in [5, 5.41) is 0.449. The smallest absolute Gasteiger partial charge is 0.180 e. The SMILES string of the molecule is CC1=C(Cl)C(=O)C(C)(C)C1. The summed E-state index contributed by atoms with van der Waals surface area (Å²) in [5.74, 6) is 0.0895. The van der Waals surface area contributed by atoms with Gasteiger partial charge in [-0.2, -0.15) is 0 Å². The van der Waals surface area contributed by atoms with Crippen molar-refractivity contribution in [3.05, 3.63) is 10.6 Å². The lowest BCUT2D eigenvalue weighted by atomic mass is 9.89. The Balaban J connectivity index is 2.99. The Hall–Kier alpha value is -0.300. The Morgan fingerprint density at radius 1 is 1.50 bits per heavy atom. The monoisotopic (exact) mass is 158 g/mol. The average molecular weight is 159 g/mol. The Morgan fingerprint density at radius 2 is 2.00 bits per heavy atom. The summed E-state index contributed by atoms with van der Waals surface area (Å²) in [6.45, 7) is 5.76. The third-order valence-corrected chi connectivity index (χ3v) is 2.39. The van der Waals surface area contributed by atoms with Gasteiger partial charge < -0.3 is 0 Å². The molecule has 1 nitrogen and oxygen atoms in total. The van der Waals surface area contributed by atoms with Gasteiger partial charge in [0.25, 0.3) is 0 Å². The van der Waals surface area contributed by atoms with Crippen molar-refractivity contribution >= 4 is 17.4 Å². The molecular weight excluding hydrogens is 148 g/mol. The quantitative estimate of drug-likeness (QED) is 0.530. The van der Waals surface area contributed by atoms with Crippen molar-refractivity contribution in [3.63, 3.8) is 0 Å². The summed E-state index contributed by atoms with van der Waals surface area (Å²) < 4.78 is 0.